The fraction of sp³-hybridized carbons (Fsp3) is 0.667. The second-order valence-corrected chi connectivity index (χ2v) is 6.92. The molecule has 3 saturated carbocycles. The minimum absolute atomic E-state index is 0.373. The molecule has 4 rings (SSSR count). The Morgan fingerprint density at radius 1 is 1.37 bits per heavy atom. The van der Waals surface area contributed by atoms with Crippen molar-refractivity contribution in [3.05, 3.63) is 29.0 Å². The Balaban J connectivity index is 1.50. The molecular formula is C15H20ClN3. The van der Waals surface area contributed by atoms with Crippen LogP contribution in [0.5, 0.6) is 0 Å². The van der Waals surface area contributed by atoms with Gasteiger partial charge >= 0.3 is 0 Å². The molecule has 5 unspecified atom stereocenters. The van der Waals surface area contributed by atoms with Crippen LogP contribution in [0.2, 0.25) is 5.02 Å². The molecule has 1 heterocycles. The van der Waals surface area contributed by atoms with Gasteiger partial charge in [-0.05, 0) is 66.9 Å². The van der Waals surface area contributed by atoms with Crippen LogP contribution in [-0.2, 0) is 6.42 Å². The molecule has 0 aliphatic heterocycles. The standard InChI is InChI=1S/C15H20ClN3/c16-11-7-18-4-3-8(11)6-12(19-17)15-13-9-1-2-10(5-9)14(13)15/h3-4,7,9-10,12-15,19H,1-2,5-6,17H2. The van der Waals surface area contributed by atoms with Crippen molar-refractivity contribution in [2.45, 2.75) is 31.7 Å². The molecule has 0 saturated heterocycles. The van der Waals surface area contributed by atoms with Gasteiger partial charge in [-0.2, -0.15) is 0 Å². The van der Waals surface area contributed by atoms with Gasteiger partial charge in [0, 0.05) is 18.4 Å². The third-order valence-electron chi connectivity index (χ3n) is 5.77. The van der Waals surface area contributed by atoms with Gasteiger partial charge in [-0.15, -0.1) is 0 Å². The van der Waals surface area contributed by atoms with Gasteiger partial charge in [-0.1, -0.05) is 11.6 Å². The van der Waals surface area contributed by atoms with Crippen molar-refractivity contribution < 1.29 is 0 Å². The van der Waals surface area contributed by atoms with Gasteiger partial charge in [0.15, 0.2) is 0 Å². The number of halogens is 1. The zero-order chi connectivity index (χ0) is 13.0. The zero-order valence-corrected chi connectivity index (χ0v) is 11.7. The summed E-state index contributed by atoms with van der Waals surface area (Å²) in [6.45, 7) is 0. The molecule has 0 aromatic carbocycles. The summed E-state index contributed by atoms with van der Waals surface area (Å²) >= 11 is 6.21. The Labute approximate surface area is 118 Å². The lowest BCUT2D eigenvalue weighted by Gasteiger charge is -2.20. The van der Waals surface area contributed by atoms with Crippen molar-refractivity contribution in [2.24, 2.45) is 35.4 Å². The van der Waals surface area contributed by atoms with E-state index in [2.05, 4.69) is 10.4 Å². The van der Waals surface area contributed by atoms with Crippen molar-refractivity contribution in [3.8, 4) is 0 Å². The first-order valence-electron chi connectivity index (χ1n) is 7.34. The molecule has 3 N–H and O–H groups in total. The van der Waals surface area contributed by atoms with E-state index in [1.54, 1.807) is 6.20 Å². The molecule has 3 aliphatic rings. The summed E-state index contributed by atoms with van der Waals surface area (Å²) in [7, 11) is 0. The van der Waals surface area contributed by atoms with Crippen LogP contribution in [0.15, 0.2) is 18.5 Å². The highest BCUT2D eigenvalue weighted by Gasteiger charge is 2.66. The largest absolute Gasteiger partial charge is 0.271 e. The average molecular weight is 278 g/mol. The Morgan fingerprint density at radius 2 is 2.11 bits per heavy atom. The molecule has 1 aromatic rings. The van der Waals surface area contributed by atoms with E-state index in [4.69, 9.17) is 17.4 Å². The highest BCUT2D eigenvalue weighted by atomic mass is 35.5. The Morgan fingerprint density at radius 3 is 2.74 bits per heavy atom. The third-order valence-corrected chi connectivity index (χ3v) is 6.11. The first-order chi connectivity index (χ1) is 9.29. The van der Waals surface area contributed by atoms with Crippen molar-refractivity contribution in [1.82, 2.24) is 10.4 Å². The molecule has 0 radical (unpaired) electrons. The predicted molar refractivity (Wildman–Crippen MR) is 75.4 cm³/mol. The number of rotatable bonds is 4. The summed E-state index contributed by atoms with van der Waals surface area (Å²) in [6.07, 6.45) is 8.85. The van der Waals surface area contributed by atoms with E-state index < -0.39 is 0 Å². The lowest BCUT2D eigenvalue weighted by molar-refractivity contribution is 0.365. The highest BCUT2D eigenvalue weighted by molar-refractivity contribution is 6.31. The molecule has 3 aliphatic carbocycles. The molecule has 5 atom stereocenters. The Kier molecular flexibility index (Phi) is 2.83. The lowest BCUT2D eigenvalue weighted by Crippen LogP contribution is -2.40. The molecule has 2 bridgehead atoms. The van der Waals surface area contributed by atoms with Crippen molar-refractivity contribution in [1.29, 1.82) is 0 Å². The Hall–Kier alpha value is -0.640. The number of nitrogens with two attached hydrogens (primary N) is 1. The van der Waals surface area contributed by atoms with Crippen LogP contribution in [-0.4, -0.2) is 11.0 Å². The molecule has 1 aromatic heterocycles. The van der Waals surface area contributed by atoms with Gasteiger partial charge in [0.2, 0.25) is 0 Å². The summed E-state index contributed by atoms with van der Waals surface area (Å²) in [5.41, 5.74) is 4.22. The van der Waals surface area contributed by atoms with Crippen molar-refractivity contribution >= 4 is 11.6 Å². The first kappa shape index (κ1) is 12.1. The molecule has 3 nitrogen and oxygen atoms in total. The van der Waals surface area contributed by atoms with Gasteiger partial charge in [0.25, 0.3) is 0 Å². The maximum atomic E-state index is 6.21. The highest BCUT2D eigenvalue weighted by Crippen LogP contribution is 2.70. The summed E-state index contributed by atoms with van der Waals surface area (Å²) in [5, 5.41) is 0.761. The molecule has 4 heteroatoms. The molecule has 19 heavy (non-hydrogen) atoms. The molecule has 0 amide bonds. The fourth-order valence-corrected chi connectivity index (χ4v) is 5.24. The lowest BCUT2D eigenvalue weighted by atomic mass is 9.94. The molecule has 0 spiro atoms. The number of hydrogen-bond acceptors (Lipinski definition) is 3. The van der Waals surface area contributed by atoms with Crippen LogP contribution in [0.3, 0.4) is 0 Å². The van der Waals surface area contributed by atoms with E-state index in [0.29, 0.717) is 6.04 Å². The third kappa shape index (κ3) is 1.83. The summed E-state index contributed by atoms with van der Waals surface area (Å²) in [6, 6.07) is 2.39. The minimum Gasteiger partial charge on any atom is -0.271 e. The van der Waals surface area contributed by atoms with Gasteiger partial charge in [-0.25, -0.2) is 0 Å². The fourth-order valence-electron chi connectivity index (χ4n) is 5.04. The number of pyridine rings is 1. The Bertz CT molecular complexity index is 476. The average Bonchev–Trinajstić information content (AvgIpc) is 2.85. The molecular weight excluding hydrogens is 258 g/mol. The quantitative estimate of drug-likeness (QED) is 0.656. The number of fused-ring (bicyclic) bond motifs is 5. The monoisotopic (exact) mass is 277 g/mol. The normalized spacial score (nSPS) is 40.2. The molecule has 102 valence electrons. The summed E-state index contributed by atoms with van der Waals surface area (Å²) < 4.78 is 0. The van der Waals surface area contributed by atoms with Crippen molar-refractivity contribution in [2.75, 3.05) is 0 Å². The number of aromatic nitrogens is 1. The van der Waals surface area contributed by atoms with Crippen LogP contribution in [0.1, 0.15) is 24.8 Å². The van der Waals surface area contributed by atoms with Crippen LogP contribution < -0.4 is 11.3 Å². The topological polar surface area (TPSA) is 50.9 Å². The predicted octanol–water partition coefficient (Wildman–Crippen LogP) is 2.40. The smallest absolute Gasteiger partial charge is 0.0621 e. The van der Waals surface area contributed by atoms with Crippen LogP contribution >= 0.6 is 11.6 Å². The second kappa shape index (κ2) is 4.44. The molecule has 3 fully saturated rings. The van der Waals surface area contributed by atoms with E-state index in [-0.39, 0.29) is 0 Å². The number of hydrogen-bond donors (Lipinski definition) is 2. The van der Waals surface area contributed by atoms with E-state index in [0.717, 1.165) is 46.6 Å². The van der Waals surface area contributed by atoms with Crippen molar-refractivity contribution in [3.63, 3.8) is 0 Å². The van der Waals surface area contributed by atoms with Gasteiger partial charge < -0.3 is 0 Å². The number of nitrogens with zero attached hydrogens (tertiary/aromatic N) is 1. The minimum atomic E-state index is 0.373. The van der Waals surface area contributed by atoms with E-state index >= 15 is 0 Å². The van der Waals surface area contributed by atoms with Crippen LogP contribution in [0, 0.1) is 29.6 Å². The second-order valence-electron chi connectivity index (χ2n) is 6.51. The summed E-state index contributed by atoms with van der Waals surface area (Å²) in [5.74, 6) is 10.5. The van der Waals surface area contributed by atoms with E-state index in [9.17, 15) is 0 Å². The maximum absolute atomic E-state index is 6.21. The van der Waals surface area contributed by atoms with Gasteiger partial charge in [0.05, 0.1) is 5.02 Å². The maximum Gasteiger partial charge on any atom is 0.0621 e. The summed E-state index contributed by atoms with van der Waals surface area (Å²) in [4.78, 5) is 4.05. The van der Waals surface area contributed by atoms with Gasteiger partial charge in [0.1, 0.15) is 0 Å². The SMILES string of the molecule is NNC(Cc1ccncc1Cl)C1C2C3CCC(C3)C21. The first-order valence-corrected chi connectivity index (χ1v) is 7.72. The van der Waals surface area contributed by atoms with E-state index in [1.165, 1.54) is 19.3 Å². The van der Waals surface area contributed by atoms with Crippen LogP contribution in [0.4, 0.5) is 0 Å². The van der Waals surface area contributed by atoms with Crippen LogP contribution in [0.25, 0.3) is 0 Å². The number of nitrogens with one attached hydrogen (secondary N) is 1. The number of hydrazine groups is 1. The van der Waals surface area contributed by atoms with E-state index in [1.807, 2.05) is 12.3 Å². The van der Waals surface area contributed by atoms with Gasteiger partial charge in [-0.3, -0.25) is 16.3 Å². The zero-order valence-electron chi connectivity index (χ0n) is 10.9.